The second-order valence-electron chi connectivity index (χ2n) is 7.28. The van der Waals surface area contributed by atoms with Crippen molar-refractivity contribution in [1.29, 1.82) is 0 Å². The Kier molecular flexibility index (Phi) is 7.83. The monoisotopic (exact) mass is 449 g/mol. The smallest absolute Gasteiger partial charge is 0.309 e. The van der Waals surface area contributed by atoms with E-state index in [0.29, 0.717) is 26.3 Å². The van der Waals surface area contributed by atoms with Crippen LogP contribution in [0.1, 0.15) is 16.6 Å². The number of furan rings is 1. The fourth-order valence-electron chi connectivity index (χ4n) is 3.23. The number of rotatable bonds is 8. The van der Waals surface area contributed by atoms with Crippen LogP contribution in [0.15, 0.2) is 52.0 Å². The summed E-state index contributed by atoms with van der Waals surface area (Å²) < 4.78 is 36.9. The van der Waals surface area contributed by atoms with Crippen molar-refractivity contribution in [2.75, 3.05) is 45.9 Å². The maximum Gasteiger partial charge on any atom is 0.309 e. The number of sulfone groups is 1. The van der Waals surface area contributed by atoms with Crippen molar-refractivity contribution in [2.45, 2.75) is 17.1 Å². The van der Waals surface area contributed by atoms with Crippen LogP contribution in [-0.2, 0) is 24.2 Å². The van der Waals surface area contributed by atoms with Gasteiger partial charge in [-0.2, -0.15) is 0 Å². The molecule has 2 heterocycles. The minimum Gasteiger partial charge on any atom is -0.468 e. The lowest BCUT2D eigenvalue weighted by Crippen LogP contribution is -2.46. The number of aryl methyl sites for hydroxylation is 1. The summed E-state index contributed by atoms with van der Waals surface area (Å²) in [5.74, 6) is -1.51. The van der Waals surface area contributed by atoms with E-state index in [2.05, 4.69) is 15.5 Å². The molecule has 168 valence electrons. The van der Waals surface area contributed by atoms with Crippen molar-refractivity contribution in [3.05, 3.63) is 54.0 Å². The van der Waals surface area contributed by atoms with Crippen LogP contribution in [0.5, 0.6) is 0 Å². The van der Waals surface area contributed by atoms with Gasteiger partial charge in [0.15, 0.2) is 9.84 Å². The molecule has 1 aromatic carbocycles. The summed E-state index contributed by atoms with van der Waals surface area (Å²) >= 11 is 0. The third-order valence-electron chi connectivity index (χ3n) is 5.06. The summed E-state index contributed by atoms with van der Waals surface area (Å²) in [6.07, 6.45) is 1.37. The van der Waals surface area contributed by atoms with Gasteiger partial charge in [0.2, 0.25) is 0 Å². The first-order valence-electron chi connectivity index (χ1n) is 10.1. The van der Waals surface area contributed by atoms with Gasteiger partial charge in [-0.25, -0.2) is 8.42 Å². The van der Waals surface area contributed by atoms with Crippen molar-refractivity contribution >= 4 is 21.7 Å². The standard InChI is InChI=1S/C21H27N3O6S/c1-16-4-6-17(7-5-16)31(27,28)19(18-3-2-12-30-18)15-23-21(26)20(25)22-8-9-24-10-13-29-14-11-24/h2-7,12,19H,8-11,13-15H2,1H3,(H,22,25)(H,23,26)/t19-/m1/s1. The maximum absolute atomic E-state index is 13.1. The first-order valence-corrected chi connectivity index (χ1v) is 11.6. The number of amides is 2. The molecule has 0 bridgehead atoms. The second-order valence-corrected chi connectivity index (χ2v) is 9.41. The Labute approximate surface area is 181 Å². The average molecular weight is 450 g/mol. The quantitative estimate of drug-likeness (QED) is 0.569. The van der Waals surface area contributed by atoms with Crippen molar-refractivity contribution in [3.63, 3.8) is 0 Å². The molecule has 2 N–H and O–H groups in total. The molecule has 0 unspecified atom stereocenters. The molecule has 1 aliphatic heterocycles. The Morgan fingerprint density at radius 1 is 1.06 bits per heavy atom. The van der Waals surface area contributed by atoms with Crippen LogP contribution >= 0.6 is 0 Å². The van der Waals surface area contributed by atoms with E-state index in [-0.39, 0.29) is 17.2 Å². The van der Waals surface area contributed by atoms with Crippen LogP contribution in [0, 0.1) is 6.92 Å². The third-order valence-corrected chi connectivity index (χ3v) is 7.13. The Hall–Kier alpha value is -2.69. The highest BCUT2D eigenvalue weighted by Crippen LogP contribution is 2.29. The molecule has 2 amide bonds. The number of carbonyl (C=O) groups is 2. The van der Waals surface area contributed by atoms with E-state index in [0.717, 1.165) is 18.7 Å². The van der Waals surface area contributed by atoms with Gasteiger partial charge in [-0.3, -0.25) is 14.5 Å². The van der Waals surface area contributed by atoms with Crippen molar-refractivity contribution in [3.8, 4) is 0 Å². The number of morpholine rings is 1. The van der Waals surface area contributed by atoms with Gasteiger partial charge in [0.05, 0.1) is 24.4 Å². The fourth-order valence-corrected chi connectivity index (χ4v) is 4.81. The first kappa shape index (κ1) is 23.0. The van der Waals surface area contributed by atoms with Crippen molar-refractivity contribution in [1.82, 2.24) is 15.5 Å². The van der Waals surface area contributed by atoms with E-state index in [9.17, 15) is 18.0 Å². The van der Waals surface area contributed by atoms with Crippen LogP contribution in [0.25, 0.3) is 0 Å². The normalized spacial score (nSPS) is 15.9. The summed E-state index contributed by atoms with van der Waals surface area (Å²) in [4.78, 5) is 26.6. The molecule has 3 rings (SSSR count). The van der Waals surface area contributed by atoms with Crippen LogP contribution in [0.2, 0.25) is 0 Å². The lowest BCUT2D eigenvalue weighted by molar-refractivity contribution is -0.139. The molecule has 0 radical (unpaired) electrons. The molecule has 1 aromatic heterocycles. The van der Waals surface area contributed by atoms with Gasteiger partial charge >= 0.3 is 11.8 Å². The number of nitrogens with zero attached hydrogens (tertiary/aromatic N) is 1. The van der Waals surface area contributed by atoms with Crippen LogP contribution in [0.3, 0.4) is 0 Å². The van der Waals surface area contributed by atoms with Crippen LogP contribution in [0.4, 0.5) is 0 Å². The predicted molar refractivity (Wildman–Crippen MR) is 113 cm³/mol. The number of ether oxygens (including phenoxy) is 1. The predicted octanol–water partition coefficient (Wildman–Crippen LogP) is 0.668. The molecule has 2 aromatic rings. The minimum atomic E-state index is -3.85. The molecule has 0 saturated carbocycles. The fraction of sp³-hybridized carbons (Fsp3) is 0.429. The molecule has 1 aliphatic rings. The van der Waals surface area contributed by atoms with E-state index in [4.69, 9.17) is 9.15 Å². The van der Waals surface area contributed by atoms with Gasteiger partial charge in [-0.05, 0) is 31.2 Å². The zero-order chi connectivity index (χ0) is 22.3. The molecular weight excluding hydrogens is 422 g/mol. The largest absolute Gasteiger partial charge is 0.468 e. The van der Waals surface area contributed by atoms with Gasteiger partial charge in [-0.1, -0.05) is 17.7 Å². The summed E-state index contributed by atoms with van der Waals surface area (Å²) in [5.41, 5.74) is 0.926. The van der Waals surface area contributed by atoms with E-state index >= 15 is 0 Å². The Morgan fingerprint density at radius 3 is 2.39 bits per heavy atom. The Morgan fingerprint density at radius 2 is 1.74 bits per heavy atom. The van der Waals surface area contributed by atoms with Crippen LogP contribution < -0.4 is 10.6 Å². The highest BCUT2D eigenvalue weighted by atomic mass is 32.2. The average Bonchev–Trinajstić information content (AvgIpc) is 3.29. The summed E-state index contributed by atoms with van der Waals surface area (Å²) in [5, 5.41) is 3.82. The lowest BCUT2D eigenvalue weighted by atomic mass is 10.2. The van der Waals surface area contributed by atoms with E-state index in [1.165, 1.54) is 24.5 Å². The molecule has 0 spiro atoms. The molecule has 10 heteroatoms. The van der Waals surface area contributed by atoms with Crippen molar-refractivity contribution in [2.24, 2.45) is 0 Å². The molecule has 1 saturated heterocycles. The molecule has 1 fully saturated rings. The third kappa shape index (κ3) is 6.16. The van der Waals surface area contributed by atoms with E-state index in [1.54, 1.807) is 18.2 Å². The Balaban J connectivity index is 1.59. The minimum absolute atomic E-state index is 0.115. The summed E-state index contributed by atoms with van der Waals surface area (Å²) in [6, 6.07) is 9.54. The number of carbonyl (C=O) groups excluding carboxylic acids is 2. The zero-order valence-electron chi connectivity index (χ0n) is 17.4. The number of nitrogens with one attached hydrogen (secondary N) is 2. The topological polar surface area (TPSA) is 118 Å². The van der Waals surface area contributed by atoms with Gasteiger partial charge in [-0.15, -0.1) is 0 Å². The van der Waals surface area contributed by atoms with Gasteiger partial charge in [0.1, 0.15) is 11.0 Å². The van der Waals surface area contributed by atoms with Gasteiger partial charge < -0.3 is 19.8 Å². The van der Waals surface area contributed by atoms with Gasteiger partial charge in [0, 0.05) is 32.7 Å². The molecule has 31 heavy (non-hydrogen) atoms. The van der Waals surface area contributed by atoms with Crippen molar-refractivity contribution < 1.29 is 27.2 Å². The van der Waals surface area contributed by atoms with E-state index < -0.39 is 26.9 Å². The highest BCUT2D eigenvalue weighted by molar-refractivity contribution is 7.91. The molecule has 0 aliphatic carbocycles. The number of hydrogen-bond acceptors (Lipinski definition) is 7. The lowest BCUT2D eigenvalue weighted by Gasteiger charge is -2.26. The second kappa shape index (κ2) is 10.6. The number of hydrogen-bond donors (Lipinski definition) is 2. The van der Waals surface area contributed by atoms with E-state index in [1.807, 2.05) is 6.92 Å². The summed E-state index contributed by atoms with van der Waals surface area (Å²) in [6.45, 7) is 5.36. The summed E-state index contributed by atoms with van der Waals surface area (Å²) in [7, 11) is -3.85. The number of benzene rings is 1. The van der Waals surface area contributed by atoms with Gasteiger partial charge in [0.25, 0.3) is 0 Å². The zero-order valence-corrected chi connectivity index (χ0v) is 18.2. The maximum atomic E-state index is 13.1. The molecular formula is C21H27N3O6S. The first-order chi connectivity index (χ1) is 14.9. The highest BCUT2D eigenvalue weighted by Gasteiger charge is 2.32. The SMILES string of the molecule is Cc1ccc(S(=O)(=O)[C@H](CNC(=O)C(=O)NCCN2CCOCC2)c2ccco2)cc1. The molecule has 1 atom stereocenters. The Bertz CT molecular complexity index is 967. The van der Waals surface area contributed by atoms with Crippen LogP contribution in [-0.4, -0.2) is 71.1 Å². The molecule has 9 nitrogen and oxygen atoms in total.